The van der Waals surface area contributed by atoms with E-state index in [9.17, 15) is 14.7 Å². The second kappa shape index (κ2) is 9.23. The maximum Gasteiger partial charge on any atom is 0.243 e. The van der Waals surface area contributed by atoms with Crippen molar-refractivity contribution >= 4 is 17.6 Å². The molecule has 7 nitrogen and oxygen atoms in total. The molecule has 0 aliphatic carbocycles. The lowest BCUT2D eigenvalue weighted by Crippen LogP contribution is -2.28. The number of aliphatic carboxylic acids is 1. The van der Waals surface area contributed by atoms with Crippen molar-refractivity contribution in [3.63, 3.8) is 0 Å². The van der Waals surface area contributed by atoms with Gasteiger partial charge in [0.05, 0.1) is 26.0 Å². The summed E-state index contributed by atoms with van der Waals surface area (Å²) in [5.74, 6) is -0.287. The molecule has 29 heavy (non-hydrogen) atoms. The normalized spacial score (nSPS) is 15.7. The number of carboxylic acids is 1. The van der Waals surface area contributed by atoms with E-state index in [-0.39, 0.29) is 31.2 Å². The number of benzene rings is 2. The molecule has 1 aliphatic rings. The van der Waals surface area contributed by atoms with Gasteiger partial charge >= 0.3 is 0 Å². The molecule has 3 rings (SSSR count). The van der Waals surface area contributed by atoms with Crippen molar-refractivity contribution in [3.05, 3.63) is 59.7 Å². The molecule has 0 radical (unpaired) electrons. The van der Waals surface area contributed by atoms with Crippen LogP contribution in [0.25, 0.3) is 0 Å². The second-order valence-corrected chi connectivity index (χ2v) is 6.68. The van der Waals surface area contributed by atoms with Crippen molar-refractivity contribution < 1.29 is 24.2 Å². The zero-order valence-corrected chi connectivity index (χ0v) is 16.5. The van der Waals surface area contributed by atoms with Gasteiger partial charge in [0.2, 0.25) is 5.91 Å². The minimum absolute atomic E-state index is 0.0718. The maximum absolute atomic E-state index is 12.9. The number of carboxylic acid groups (broad SMARTS) is 1. The predicted molar refractivity (Wildman–Crippen MR) is 106 cm³/mol. The fourth-order valence-corrected chi connectivity index (χ4v) is 3.46. The number of para-hydroxylation sites is 1. The van der Waals surface area contributed by atoms with Crippen LogP contribution >= 0.6 is 0 Å². The SMILES string of the molecule is COc1cccc([C@@H]2CC(c3ccccc3)=NN2C(=O)CCCC(=O)[O-])c1OC. The fourth-order valence-electron chi connectivity index (χ4n) is 3.46. The Bertz CT molecular complexity index is 911. The van der Waals surface area contributed by atoms with Gasteiger partial charge in [0.1, 0.15) is 0 Å². The van der Waals surface area contributed by atoms with E-state index in [0.29, 0.717) is 17.9 Å². The summed E-state index contributed by atoms with van der Waals surface area (Å²) < 4.78 is 11.0. The van der Waals surface area contributed by atoms with Gasteiger partial charge in [0.15, 0.2) is 11.5 Å². The first-order valence-corrected chi connectivity index (χ1v) is 9.40. The van der Waals surface area contributed by atoms with Crippen LogP contribution in [-0.4, -0.2) is 36.8 Å². The van der Waals surface area contributed by atoms with E-state index in [1.54, 1.807) is 20.3 Å². The number of amides is 1. The third kappa shape index (κ3) is 4.56. The van der Waals surface area contributed by atoms with Crippen LogP contribution in [0.15, 0.2) is 53.6 Å². The molecule has 0 aromatic heterocycles. The number of methoxy groups -OCH3 is 2. The molecule has 1 aliphatic heterocycles. The molecule has 0 unspecified atom stereocenters. The molecule has 7 heteroatoms. The van der Waals surface area contributed by atoms with Gasteiger partial charge in [-0.15, -0.1) is 0 Å². The number of nitrogens with zero attached hydrogens (tertiary/aromatic N) is 2. The fraction of sp³-hybridized carbons (Fsp3) is 0.318. The number of carbonyl (C=O) groups excluding carboxylic acids is 2. The molecular formula is C22H23N2O5-. The van der Waals surface area contributed by atoms with Crippen LogP contribution in [0.5, 0.6) is 11.5 Å². The summed E-state index contributed by atoms with van der Waals surface area (Å²) in [7, 11) is 3.12. The molecule has 0 saturated heterocycles. The molecule has 0 N–H and O–H groups in total. The molecule has 1 amide bonds. The van der Waals surface area contributed by atoms with Crippen molar-refractivity contribution in [1.82, 2.24) is 5.01 Å². The van der Waals surface area contributed by atoms with Gasteiger partial charge < -0.3 is 19.4 Å². The number of hydrazone groups is 1. The van der Waals surface area contributed by atoms with Crippen molar-refractivity contribution in [1.29, 1.82) is 0 Å². The standard InChI is InChI=1S/C22H24N2O5/c1-28-19-11-6-10-16(22(19)29-2)18-14-17(15-8-4-3-5-9-15)23-24(18)20(25)12-7-13-21(26)27/h3-6,8-11,18H,7,12-14H2,1-2H3,(H,26,27)/p-1/t18-/m0/s1. The highest BCUT2D eigenvalue weighted by molar-refractivity contribution is 6.03. The molecule has 1 heterocycles. The average Bonchev–Trinajstić information content (AvgIpc) is 3.18. The van der Waals surface area contributed by atoms with Crippen LogP contribution in [0.2, 0.25) is 0 Å². The van der Waals surface area contributed by atoms with Crippen molar-refractivity contribution in [2.75, 3.05) is 14.2 Å². The van der Waals surface area contributed by atoms with E-state index in [2.05, 4.69) is 5.10 Å². The quantitative estimate of drug-likeness (QED) is 0.684. The maximum atomic E-state index is 12.9. The molecule has 0 fully saturated rings. The Morgan fingerprint density at radius 1 is 1.07 bits per heavy atom. The summed E-state index contributed by atoms with van der Waals surface area (Å²) in [6.07, 6.45) is 0.625. The van der Waals surface area contributed by atoms with Crippen LogP contribution in [0.3, 0.4) is 0 Å². The first-order valence-electron chi connectivity index (χ1n) is 9.40. The molecule has 0 saturated carbocycles. The average molecular weight is 395 g/mol. The summed E-state index contributed by atoms with van der Waals surface area (Å²) in [5, 5.41) is 16.7. The summed E-state index contributed by atoms with van der Waals surface area (Å²) in [6, 6.07) is 14.8. The van der Waals surface area contributed by atoms with Gasteiger partial charge in [-0.25, -0.2) is 5.01 Å². The molecule has 2 aromatic carbocycles. The molecular weight excluding hydrogens is 372 g/mol. The zero-order valence-electron chi connectivity index (χ0n) is 16.5. The van der Waals surface area contributed by atoms with Gasteiger partial charge in [0.25, 0.3) is 0 Å². The first-order chi connectivity index (χ1) is 14.0. The zero-order chi connectivity index (χ0) is 20.8. The molecule has 2 aromatic rings. The van der Waals surface area contributed by atoms with Gasteiger partial charge in [-0.1, -0.05) is 42.5 Å². The number of rotatable bonds is 8. The lowest BCUT2D eigenvalue weighted by Gasteiger charge is -2.24. The van der Waals surface area contributed by atoms with Gasteiger partial charge in [-0.05, 0) is 24.5 Å². The molecule has 0 bridgehead atoms. The highest BCUT2D eigenvalue weighted by Crippen LogP contribution is 2.41. The second-order valence-electron chi connectivity index (χ2n) is 6.68. The Balaban J connectivity index is 1.94. The Morgan fingerprint density at radius 2 is 1.83 bits per heavy atom. The van der Waals surface area contributed by atoms with Gasteiger partial charge in [-0.3, -0.25) is 4.79 Å². The van der Waals surface area contributed by atoms with E-state index < -0.39 is 5.97 Å². The summed E-state index contributed by atoms with van der Waals surface area (Å²) >= 11 is 0. The highest BCUT2D eigenvalue weighted by Gasteiger charge is 2.35. The van der Waals surface area contributed by atoms with Gasteiger partial charge in [0, 0.05) is 24.4 Å². The Labute approximate surface area is 169 Å². The summed E-state index contributed by atoms with van der Waals surface area (Å²) in [6.45, 7) is 0. The Kier molecular flexibility index (Phi) is 6.49. The summed E-state index contributed by atoms with van der Waals surface area (Å²) in [4.78, 5) is 23.6. The lowest BCUT2D eigenvalue weighted by atomic mass is 9.97. The largest absolute Gasteiger partial charge is 0.550 e. The topological polar surface area (TPSA) is 91.3 Å². The number of carbonyl (C=O) groups is 2. The number of ether oxygens (including phenoxy) is 2. The van der Waals surface area contributed by atoms with Gasteiger partial charge in [-0.2, -0.15) is 5.10 Å². The van der Waals surface area contributed by atoms with Crippen LogP contribution in [0.1, 0.15) is 42.9 Å². The van der Waals surface area contributed by atoms with Crippen LogP contribution < -0.4 is 14.6 Å². The smallest absolute Gasteiger partial charge is 0.243 e. The highest BCUT2D eigenvalue weighted by atomic mass is 16.5. The third-order valence-electron chi connectivity index (χ3n) is 4.84. The third-order valence-corrected chi connectivity index (χ3v) is 4.84. The van der Waals surface area contributed by atoms with E-state index in [1.165, 1.54) is 5.01 Å². The van der Waals surface area contributed by atoms with E-state index >= 15 is 0 Å². The Hall–Kier alpha value is -3.35. The first kappa shape index (κ1) is 20.4. The minimum Gasteiger partial charge on any atom is -0.550 e. The van der Waals surface area contributed by atoms with E-state index in [1.807, 2.05) is 42.5 Å². The van der Waals surface area contributed by atoms with Crippen LogP contribution in [0, 0.1) is 0 Å². The monoisotopic (exact) mass is 395 g/mol. The van der Waals surface area contributed by atoms with Crippen LogP contribution in [-0.2, 0) is 9.59 Å². The van der Waals surface area contributed by atoms with Crippen molar-refractivity contribution in [2.24, 2.45) is 5.10 Å². The van der Waals surface area contributed by atoms with Crippen LogP contribution in [0.4, 0.5) is 0 Å². The number of hydrogen-bond acceptors (Lipinski definition) is 6. The Morgan fingerprint density at radius 3 is 2.48 bits per heavy atom. The van der Waals surface area contributed by atoms with E-state index in [4.69, 9.17) is 9.47 Å². The molecule has 152 valence electrons. The lowest BCUT2D eigenvalue weighted by molar-refractivity contribution is -0.305. The minimum atomic E-state index is -1.17. The molecule has 0 spiro atoms. The summed E-state index contributed by atoms with van der Waals surface area (Å²) in [5.41, 5.74) is 2.51. The van der Waals surface area contributed by atoms with Crippen molar-refractivity contribution in [3.8, 4) is 11.5 Å². The molecule has 1 atom stereocenters. The van der Waals surface area contributed by atoms with Crippen molar-refractivity contribution in [2.45, 2.75) is 31.7 Å². The predicted octanol–water partition coefficient (Wildman–Crippen LogP) is 2.30. The number of hydrogen-bond donors (Lipinski definition) is 0. The van der Waals surface area contributed by atoms with E-state index in [0.717, 1.165) is 16.8 Å².